The van der Waals surface area contributed by atoms with Crippen molar-refractivity contribution in [3.05, 3.63) is 36.3 Å². The summed E-state index contributed by atoms with van der Waals surface area (Å²) in [5.41, 5.74) is 8.76. The van der Waals surface area contributed by atoms with Crippen molar-refractivity contribution >= 4 is 33.6 Å². The lowest BCUT2D eigenvalue weighted by Gasteiger charge is -2.39. The van der Waals surface area contributed by atoms with Crippen LogP contribution in [0, 0.1) is 0 Å². The van der Waals surface area contributed by atoms with Gasteiger partial charge in [-0.25, -0.2) is 19.9 Å². The zero-order valence-corrected chi connectivity index (χ0v) is 23.1. The number of hydrogen-bond donors (Lipinski definition) is 1. The monoisotopic (exact) mass is 543 g/mol. The van der Waals surface area contributed by atoms with E-state index >= 15 is 0 Å². The van der Waals surface area contributed by atoms with Gasteiger partial charge in [0.2, 0.25) is 0 Å². The van der Waals surface area contributed by atoms with Gasteiger partial charge in [-0.05, 0) is 18.2 Å². The maximum absolute atomic E-state index is 6.21. The Balaban J connectivity index is 1.23. The molecule has 0 atom stereocenters. The Morgan fingerprint density at radius 1 is 0.875 bits per heavy atom. The summed E-state index contributed by atoms with van der Waals surface area (Å²) < 4.78 is 13.3. The summed E-state index contributed by atoms with van der Waals surface area (Å²) in [4.78, 5) is 27.2. The largest absolute Gasteiger partial charge is 0.383 e. The lowest BCUT2D eigenvalue weighted by Crippen LogP contribution is -2.48. The molecule has 6 heterocycles. The van der Waals surface area contributed by atoms with E-state index in [2.05, 4.69) is 37.4 Å². The number of hydrogen-bond acceptors (Lipinski definition) is 10. The van der Waals surface area contributed by atoms with Gasteiger partial charge in [0.1, 0.15) is 11.6 Å². The molecule has 1 aromatic carbocycles. The van der Waals surface area contributed by atoms with E-state index in [9.17, 15) is 0 Å². The molecule has 0 radical (unpaired) electrons. The predicted molar refractivity (Wildman–Crippen MR) is 155 cm³/mol. The Hall–Kier alpha value is -3.38. The zero-order valence-electron chi connectivity index (χ0n) is 23.1. The van der Waals surface area contributed by atoms with Crippen LogP contribution in [0.4, 0.5) is 11.6 Å². The first-order valence-corrected chi connectivity index (χ1v) is 14.4. The highest BCUT2D eigenvalue weighted by molar-refractivity contribution is 6.00. The molecule has 3 saturated heterocycles. The van der Waals surface area contributed by atoms with Gasteiger partial charge in [0.05, 0.1) is 33.0 Å². The molecule has 0 unspecified atom stereocenters. The summed E-state index contributed by atoms with van der Waals surface area (Å²) in [6, 6.07) is 8.69. The molecule has 0 amide bonds. The molecule has 0 aliphatic carbocycles. The molecular weight excluding hydrogens is 506 g/mol. The van der Waals surface area contributed by atoms with Crippen molar-refractivity contribution in [2.45, 2.75) is 25.4 Å². The maximum Gasteiger partial charge on any atom is 0.166 e. The highest BCUT2D eigenvalue weighted by Gasteiger charge is 2.28. The number of rotatable bonds is 5. The zero-order chi connectivity index (χ0) is 27.1. The highest BCUT2D eigenvalue weighted by Crippen LogP contribution is 2.33. The van der Waals surface area contributed by atoms with Crippen molar-refractivity contribution in [2.24, 2.45) is 7.05 Å². The fourth-order valence-corrected chi connectivity index (χ4v) is 6.33. The minimum absolute atomic E-state index is 0.508. The van der Waals surface area contributed by atoms with Gasteiger partial charge in [-0.15, -0.1) is 0 Å². The van der Waals surface area contributed by atoms with Crippen LogP contribution in [0.15, 0.2) is 30.5 Å². The molecule has 0 spiro atoms. The minimum atomic E-state index is 0.508. The van der Waals surface area contributed by atoms with Crippen LogP contribution in [0.3, 0.4) is 0 Å². The first-order chi connectivity index (χ1) is 19.7. The van der Waals surface area contributed by atoms with Crippen molar-refractivity contribution in [3.8, 4) is 11.4 Å². The molecular formula is C29H37N9O2. The molecule has 11 nitrogen and oxygen atoms in total. The minimum Gasteiger partial charge on any atom is -0.383 e. The van der Waals surface area contributed by atoms with Crippen LogP contribution < -0.4 is 10.6 Å². The van der Waals surface area contributed by atoms with Gasteiger partial charge in [0.15, 0.2) is 22.8 Å². The number of nitrogens with zero attached hydrogens (tertiary/aromatic N) is 8. The second-order valence-corrected chi connectivity index (χ2v) is 11.0. The van der Waals surface area contributed by atoms with Crippen molar-refractivity contribution < 1.29 is 9.47 Å². The fraction of sp³-hybridized carbons (Fsp3) is 0.517. The molecule has 7 rings (SSSR count). The standard InChI is InChI=1S/C29H37N9O2/c1-35-24(19-36-8-6-20(7-9-36)37-10-14-39-15-11-37)32-25-28(35)33-27(34-29(25)38-12-16-40-17-13-38)23-18-31-26(30)22-5-3-2-4-21(22)23/h2-5,18,20H,6-17,19H2,1H3,(H2,30,31). The first kappa shape index (κ1) is 25.6. The number of ether oxygens (including phenoxy) is 2. The Labute approximate surface area is 233 Å². The Bertz CT molecular complexity index is 1500. The lowest BCUT2D eigenvalue weighted by atomic mass is 10.0. The third-order valence-corrected chi connectivity index (χ3v) is 8.65. The predicted octanol–water partition coefficient (Wildman–Crippen LogP) is 2.29. The smallest absolute Gasteiger partial charge is 0.166 e. The van der Waals surface area contributed by atoms with Crippen LogP contribution in [-0.2, 0) is 23.1 Å². The number of aromatic nitrogens is 5. The van der Waals surface area contributed by atoms with Crippen LogP contribution in [-0.4, -0.2) is 106 Å². The van der Waals surface area contributed by atoms with Gasteiger partial charge in [-0.2, -0.15) is 0 Å². The molecule has 11 heteroatoms. The van der Waals surface area contributed by atoms with Crippen LogP contribution in [0.5, 0.6) is 0 Å². The average Bonchev–Trinajstić information content (AvgIpc) is 3.33. The van der Waals surface area contributed by atoms with Gasteiger partial charge >= 0.3 is 0 Å². The molecule has 210 valence electrons. The number of benzene rings is 1. The van der Waals surface area contributed by atoms with E-state index in [0.717, 1.165) is 98.2 Å². The topological polar surface area (TPSA) is 111 Å². The summed E-state index contributed by atoms with van der Waals surface area (Å²) in [6.45, 7) is 9.65. The van der Waals surface area contributed by atoms with Crippen molar-refractivity contribution in [1.82, 2.24) is 34.3 Å². The van der Waals surface area contributed by atoms with E-state index in [1.165, 1.54) is 12.8 Å². The van der Waals surface area contributed by atoms with E-state index < -0.39 is 0 Å². The number of likely N-dealkylation sites (tertiary alicyclic amines) is 1. The summed E-state index contributed by atoms with van der Waals surface area (Å²) >= 11 is 0. The highest BCUT2D eigenvalue weighted by atomic mass is 16.5. The van der Waals surface area contributed by atoms with Crippen LogP contribution in [0.2, 0.25) is 0 Å². The Kier molecular flexibility index (Phi) is 6.96. The van der Waals surface area contributed by atoms with Gasteiger partial charge in [-0.3, -0.25) is 9.80 Å². The molecule has 3 fully saturated rings. The number of nitrogens with two attached hydrogens (primary N) is 1. The summed E-state index contributed by atoms with van der Waals surface area (Å²) in [6.07, 6.45) is 4.16. The third kappa shape index (κ3) is 4.77. The summed E-state index contributed by atoms with van der Waals surface area (Å²) in [7, 11) is 2.07. The third-order valence-electron chi connectivity index (χ3n) is 8.65. The quantitative estimate of drug-likeness (QED) is 0.403. The van der Waals surface area contributed by atoms with E-state index in [4.69, 9.17) is 30.2 Å². The molecule has 40 heavy (non-hydrogen) atoms. The summed E-state index contributed by atoms with van der Waals surface area (Å²) in [5, 5.41) is 1.90. The van der Waals surface area contributed by atoms with Crippen molar-refractivity contribution in [1.29, 1.82) is 0 Å². The van der Waals surface area contributed by atoms with Gasteiger partial charge in [0.25, 0.3) is 0 Å². The number of piperidine rings is 1. The normalized spacial score (nSPS) is 20.1. The number of morpholine rings is 2. The number of pyridine rings is 1. The van der Waals surface area contributed by atoms with E-state index in [1.54, 1.807) is 6.20 Å². The molecule has 0 bridgehead atoms. The van der Waals surface area contributed by atoms with Gasteiger partial charge in [-0.1, -0.05) is 24.3 Å². The number of fused-ring (bicyclic) bond motifs is 2. The second kappa shape index (κ2) is 10.9. The fourth-order valence-electron chi connectivity index (χ4n) is 6.33. The Morgan fingerprint density at radius 3 is 2.33 bits per heavy atom. The molecule has 3 aliphatic rings. The van der Waals surface area contributed by atoms with Crippen LogP contribution in [0.25, 0.3) is 33.3 Å². The number of aryl methyl sites for hydroxylation is 1. The van der Waals surface area contributed by atoms with Crippen molar-refractivity contribution in [3.63, 3.8) is 0 Å². The van der Waals surface area contributed by atoms with E-state index in [-0.39, 0.29) is 0 Å². The van der Waals surface area contributed by atoms with E-state index in [0.29, 0.717) is 30.9 Å². The van der Waals surface area contributed by atoms with Crippen LogP contribution >= 0.6 is 0 Å². The molecule has 0 saturated carbocycles. The van der Waals surface area contributed by atoms with Gasteiger partial charge in [0, 0.05) is 69.5 Å². The van der Waals surface area contributed by atoms with E-state index in [1.807, 2.05) is 18.2 Å². The SMILES string of the molecule is Cn1c(CN2CCC(N3CCOCC3)CC2)nc2c(N3CCOCC3)nc(-c3cnc(N)c4ccccc34)nc21. The lowest BCUT2D eigenvalue weighted by molar-refractivity contribution is -0.0000147. The first-order valence-electron chi connectivity index (χ1n) is 14.4. The average molecular weight is 544 g/mol. The number of imidazole rings is 1. The molecule has 3 aliphatic heterocycles. The molecule has 3 aromatic heterocycles. The van der Waals surface area contributed by atoms with Crippen LogP contribution in [0.1, 0.15) is 18.7 Å². The molecule has 2 N–H and O–H groups in total. The van der Waals surface area contributed by atoms with Crippen molar-refractivity contribution in [2.75, 3.05) is 76.3 Å². The Morgan fingerprint density at radius 2 is 1.57 bits per heavy atom. The molecule has 4 aromatic rings. The maximum atomic E-state index is 6.21. The second-order valence-electron chi connectivity index (χ2n) is 11.0. The number of nitrogen functional groups attached to an aromatic ring is 1. The number of anilines is 2. The van der Waals surface area contributed by atoms with Gasteiger partial charge < -0.3 is 24.7 Å². The summed E-state index contributed by atoms with van der Waals surface area (Å²) in [5.74, 6) is 3.02.